The summed E-state index contributed by atoms with van der Waals surface area (Å²) in [5, 5.41) is 0. The fourth-order valence-corrected chi connectivity index (χ4v) is 5.18. The standard InChI is InChI=1S/C30H33N3O3/c1-21-11-10-12-22(2)29(21)36-18-9-8-17-32-25-14-5-4-13-24(25)31-30(32)23-19-28(34)33(20-23)26-15-6-7-16-27(26)35-3/h4-7,10-16,23H,8-9,17-20H2,1-3H3. The number of para-hydroxylation sites is 5. The largest absolute Gasteiger partial charge is 0.495 e. The zero-order valence-electron chi connectivity index (χ0n) is 21.2. The lowest BCUT2D eigenvalue weighted by Gasteiger charge is -2.20. The van der Waals surface area contributed by atoms with Gasteiger partial charge in [0.2, 0.25) is 5.91 Å². The normalized spacial score (nSPS) is 15.6. The van der Waals surface area contributed by atoms with E-state index in [9.17, 15) is 4.79 Å². The Morgan fingerprint density at radius 3 is 2.50 bits per heavy atom. The molecule has 6 nitrogen and oxygen atoms in total. The molecule has 1 aliphatic heterocycles. The van der Waals surface area contributed by atoms with Crippen LogP contribution in [0.1, 0.15) is 42.1 Å². The first kappa shape index (κ1) is 23.9. The van der Waals surface area contributed by atoms with Gasteiger partial charge < -0.3 is 18.9 Å². The Labute approximate surface area is 212 Å². The molecule has 1 unspecified atom stereocenters. The minimum absolute atomic E-state index is 0.0284. The summed E-state index contributed by atoms with van der Waals surface area (Å²) in [6.45, 7) is 6.29. The summed E-state index contributed by atoms with van der Waals surface area (Å²) >= 11 is 0. The van der Waals surface area contributed by atoms with Gasteiger partial charge in [0, 0.05) is 25.4 Å². The van der Waals surface area contributed by atoms with Gasteiger partial charge in [-0.05, 0) is 62.1 Å². The molecule has 1 saturated heterocycles. The number of aryl methyl sites for hydroxylation is 3. The quantitative estimate of drug-likeness (QED) is 0.272. The predicted octanol–water partition coefficient (Wildman–Crippen LogP) is 6.04. The maximum Gasteiger partial charge on any atom is 0.227 e. The molecule has 4 aromatic rings. The molecule has 5 rings (SSSR count). The smallest absolute Gasteiger partial charge is 0.227 e. The topological polar surface area (TPSA) is 56.6 Å². The van der Waals surface area contributed by atoms with Crippen molar-refractivity contribution in [3.8, 4) is 11.5 Å². The van der Waals surface area contributed by atoms with Crippen LogP contribution in [0.5, 0.6) is 11.5 Å². The van der Waals surface area contributed by atoms with Gasteiger partial charge in [0.1, 0.15) is 17.3 Å². The van der Waals surface area contributed by atoms with Crippen molar-refractivity contribution in [2.24, 2.45) is 0 Å². The highest BCUT2D eigenvalue weighted by Crippen LogP contribution is 2.37. The van der Waals surface area contributed by atoms with Gasteiger partial charge in [-0.3, -0.25) is 4.79 Å². The lowest BCUT2D eigenvalue weighted by atomic mass is 10.1. The SMILES string of the molecule is COc1ccccc1N1CC(c2nc3ccccc3n2CCCCOc2c(C)cccc2C)CC1=O. The summed E-state index contributed by atoms with van der Waals surface area (Å²) in [6, 6.07) is 22.2. The number of benzene rings is 3. The summed E-state index contributed by atoms with van der Waals surface area (Å²) in [5.41, 5.74) is 5.25. The molecule has 2 heterocycles. The Balaban J connectivity index is 1.31. The predicted molar refractivity (Wildman–Crippen MR) is 143 cm³/mol. The molecule has 6 heteroatoms. The first-order valence-corrected chi connectivity index (χ1v) is 12.6. The van der Waals surface area contributed by atoms with Crippen LogP contribution in [0.25, 0.3) is 11.0 Å². The number of carbonyl (C=O) groups is 1. The lowest BCUT2D eigenvalue weighted by Crippen LogP contribution is -2.25. The molecular formula is C30H33N3O3. The average molecular weight is 484 g/mol. The molecule has 1 fully saturated rings. The van der Waals surface area contributed by atoms with Crippen molar-refractivity contribution in [3.63, 3.8) is 0 Å². The van der Waals surface area contributed by atoms with Gasteiger partial charge in [0.05, 0.1) is 30.4 Å². The molecule has 1 aliphatic rings. The number of fused-ring (bicyclic) bond motifs is 1. The third kappa shape index (κ3) is 4.68. The minimum Gasteiger partial charge on any atom is -0.495 e. The van der Waals surface area contributed by atoms with E-state index in [4.69, 9.17) is 14.5 Å². The van der Waals surface area contributed by atoms with E-state index in [1.54, 1.807) is 7.11 Å². The van der Waals surface area contributed by atoms with E-state index < -0.39 is 0 Å². The maximum atomic E-state index is 13.1. The molecule has 1 aromatic heterocycles. The number of nitrogens with zero attached hydrogens (tertiary/aromatic N) is 3. The fourth-order valence-electron chi connectivity index (χ4n) is 5.18. The summed E-state index contributed by atoms with van der Waals surface area (Å²) in [4.78, 5) is 19.9. The van der Waals surface area contributed by atoms with Crippen molar-refractivity contribution in [2.75, 3.05) is 25.2 Å². The van der Waals surface area contributed by atoms with Gasteiger partial charge in [0.25, 0.3) is 0 Å². The number of anilines is 1. The first-order valence-electron chi connectivity index (χ1n) is 12.6. The molecule has 1 amide bonds. The van der Waals surface area contributed by atoms with E-state index in [-0.39, 0.29) is 11.8 Å². The van der Waals surface area contributed by atoms with Crippen molar-refractivity contribution in [2.45, 2.75) is 45.6 Å². The summed E-state index contributed by atoms with van der Waals surface area (Å²) in [5.74, 6) is 2.82. The van der Waals surface area contributed by atoms with Crippen molar-refractivity contribution < 1.29 is 14.3 Å². The number of imidazole rings is 1. The number of amides is 1. The van der Waals surface area contributed by atoms with Crippen molar-refractivity contribution in [1.82, 2.24) is 9.55 Å². The Hall–Kier alpha value is -3.80. The zero-order valence-corrected chi connectivity index (χ0v) is 21.2. The Bertz CT molecular complexity index is 1360. The van der Waals surface area contributed by atoms with Crippen molar-refractivity contribution in [1.29, 1.82) is 0 Å². The molecule has 0 radical (unpaired) electrons. The number of carbonyl (C=O) groups excluding carboxylic acids is 1. The minimum atomic E-state index is 0.0284. The van der Waals surface area contributed by atoms with Crippen molar-refractivity contribution in [3.05, 3.63) is 83.7 Å². The highest BCUT2D eigenvalue weighted by Gasteiger charge is 2.35. The van der Waals surface area contributed by atoms with Crippen LogP contribution >= 0.6 is 0 Å². The van der Waals surface area contributed by atoms with Gasteiger partial charge >= 0.3 is 0 Å². The summed E-state index contributed by atoms with van der Waals surface area (Å²) in [6.07, 6.45) is 2.35. The van der Waals surface area contributed by atoms with E-state index in [0.717, 1.165) is 47.7 Å². The van der Waals surface area contributed by atoms with E-state index in [1.165, 1.54) is 11.1 Å². The Morgan fingerprint density at radius 2 is 1.69 bits per heavy atom. The van der Waals surface area contributed by atoms with E-state index in [0.29, 0.717) is 25.3 Å². The van der Waals surface area contributed by atoms with Gasteiger partial charge in [-0.2, -0.15) is 0 Å². The van der Waals surface area contributed by atoms with Crippen LogP contribution in [0, 0.1) is 13.8 Å². The van der Waals surface area contributed by atoms with Crippen LogP contribution in [-0.4, -0.2) is 35.7 Å². The molecule has 186 valence electrons. The van der Waals surface area contributed by atoms with Crippen LogP contribution in [-0.2, 0) is 11.3 Å². The highest BCUT2D eigenvalue weighted by molar-refractivity contribution is 5.97. The van der Waals surface area contributed by atoms with Gasteiger partial charge in [-0.25, -0.2) is 4.98 Å². The molecule has 0 spiro atoms. The molecule has 3 aromatic carbocycles. The zero-order chi connectivity index (χ0) is 25.1. The Morgan fingerprint density at radius 1 is 0.944 bits per heavy atom. The number of hydrogen-bond donors (Lipinski definition) is 0. The summed E-state index contributed by atoms with van der Waals surface area (Å²) in [7, 11) is 1.64. The van der Waals surface area contributed by atoms with Gasteiger partial charge in [-0.15, -0.1) is 0 Å². The second-order valence-corrected chi connectivity index (χ2v) is 9.46. The highest BCUT2D eigenvalue weighted by atomic mass is 16.5. The van der Waals surface area contributed by atoms with Crippen LogP contribution in [0.3, 0.4) is 0 Å². The molecule has 36 heavy (non-hydrogen) atoms. The number of unbranched alkanes of at least 4 members (excludes halogenated alkanes) is 1. The second-order valence-electron chi connectivity index (χ2n) is 9.46. The number of methoxy groups -OCH3 is 1. The number of rotatable bonds is 9. The van der Waals surface area contributed by atoms with Crippen molar-refractivity contribution >= 4 is 22.6 Å². The number of hydrogen-bond acceptors (Lipinski definition) is 4. The van der Waals surface area contributed by atoms with E-state index in [2.05, 4.69) is 48.7 Å². The molecule has 0 N–H and O–H groups in total. The first-order chi connectivity index (χ1) is 17.6. The molecule has 1 atom stereocenters. The molecule has 0 bridgehead atoms. The molecular weight excluding hydrogens is 450 g/mol. The monoisotopic (exact) mass is 483 g/mol. The Kier molecular flexibility index (Phi) is 6.94. The maximum absolute atomic E-state index is 13.1. The molecule has 0 saturated carbocycles. The summed E-state index contributed by atoms with van der Waals surface area (Å²) < 4.78 is 13.9. The number of aromatic nitrogens is 2. The van der Waals surface area contributed by atoms with Crippen LogP contribution in [0.15, 0.2) is 66.7 Å². The third-order valence-electron chi connectivity index (χ3n) is 6.98. The lowest BCUT2D eigenvalue weighted by molar-refractivity contribution is -0.117. The fraction of sp³-hybridized carbons (Fsp3) is 0.333. The third-order valence-corrected chi connectivity index (χ3v) is 6.98. The van der Waals surface area contributed by atoms with Gasteiger partial charge in [0.15, 0.2) is 0 Å². The van der Waals surface area contributed by atoms with Gasteiger partial charge in [-0.1, -0.05) is 42.5 Å². The number of ether oxygens (including phenoxy) is 2. The molecule has 0 aliphatic carbocycles. The van der Waals surface area contributed by atoms with Crippen LogP contribution in [0.4, 0.5) is 5.69 Å². The second kappa shape index (κ2) is 10.4. The average Bonchev–Trinajstić information content (AvgIpc) is 3.45. The van der Waals surface area contributed by atoms with Crippen LogP contribution < -0.4 is 14.4 Å². The van der Waals surface area contributed by atoms with E-state index in [1.807, 2.05) is 41.3 Å². The van der Waals surface area contributed by atoms with Crippen LogP contribution in [0.2, 0.25) is 0 Å². The van der Waals surface area contributed by atoms with E-state index >= 15 is 0 Å².